The van der Waals surface area contributed by atoms with Gasteiger partial charge in [-0.2, -0.15) is 11.8 Å². The molecule has 0 bridgehead atoms. The van der Waals surface area contributed by atoms with Crippen molar-refractivity contribution in [3.63, 3.8) is 0 Å². The molecule has 2 amide bonds. The molecule has 0 aromatic heterocycles. The zero-order valence-electron chi connectivity index (χ0n) is 12.1. The molecule has 1 aliphatic carbocycles. The molecule has 1 atom stereocenters. The van der Waals surface area contributed by atoms with Crippen LogP contribution in [0, 0.1) is 5.92 Å². The molecule has 20 heavy (non-hydrogen) atoms. The number of likely N-dealkylation sites (tertiary alicyclic amines) is 1. The van der Waals surface area contributed by atoms with Crippen LogP contribution in [0.5, 0.6) is 0 Å². The highest BCUT2D eigenvalue weighted by molar-refractivity contribution is 7.99. The van der Waals surface area contributed by atoms with E-state index in [9.17, 15) is 9.59 Å². The van der Waals surface area contributed by atoms with Gasteiger partial charge < -0.3 is 9.80 Å². The smallest absolute Gasteiger partial charge is 0.227 e. The monoisotopic (exact) mass is 296 g/mol. The van der Waals surface area contributed by atoms with Gasteiger partial charge in [-0.1, -0.05) is 12.8 Å². The van der Waals surface area contributed by atoms with Crippen molar-refractivity contribution >= 4 is 23.6 Å². The first-order chi connectivity index (χ1) is 9.75. The Morgan fingerprint density at radius 3 is 2.50 bits per heavy atom. The van der Waals surface area contributed by atoms with Crippen LogP contribution in [0.1, 0.15) is 38.5 Å². The Labute approximate surface area is 125 Å². The fourth-order valence-corrected chi connectivity index (χ4v) is 4.59. The fraction of sp³-hybridized carbons (Fsp3) is 0.867. The first-order valence-electron chi connectivity index (χ1n) is 7.91. The maximum absolute atomic E-state index is 12.6. The highest BCUT2D eigenvalue weighted by Crippen LogP contribution is 2.29. The summed E-state index contributed by atoms with van der Waals surface area (Å²) in [5.41, 5.74) is 0. The predicted molar refractivity (Wildman–Crippen MR) is 80.6 cm³/mol. The second kappa shape index (κ2) is 6.37. The van der Waals surface area contributed by atoms with E-state index in [4.69, 9.17) is 0 Å². The Morgan fingerprint density at radius 1 is 1.10 bits per heavy atom. The lowest BCUT2D eigenvalue weighted by atomic mass is 9.94. The lowest BCUT2D eigenvalue weighted by molar-refractivity contribution is -0.144. The van der Waals surface area contributed by atoms with Crippen LogP contribution in [0.25, 0.3) is 0 Å². The van der Waals surface area contributed by atoms with Crippen molar-refractivity contribution in [2.45, 2.75) is 44.6 Å². The summed E-state index contributed by atoms with van der Waals surface area (Å²) in [7, 11) is 0. The topological polar surface area (TPSA) is 40.6 Å². The predicted octanol–water partition coefficient (Wildman–Crippen LogP) is 1.74. The van der Waals surface area contributed by atoms with E-state index in [0.717, 1.165) is 43.9 Å². The average Bonchev–Trinajstić information content (AvgIpc) is 3.02. The molecule has 4 nitrogen and oxygen atoms in total. The third-order valence-corrected chi connectivity index (χ3v) is 5.82. The van der Waals surface area contributed by atoms with Crippen molar-refractivity contribution in [1.82, 2.24) is 9.80 Å². The highest BCUT2D eigenvalue weighted by atomic mass is 32.2. The van der Waals surface area contributed by atoms with Gasteiger partial charge in [0.05, 0.1) is 5.92 Å². The maximum Gasteiger partial charge on any atom is 0.227 e. The molecule has 2 aliphatic heterocycles. The minimum absolute atomic E-state index is 0.0522. The molecular formula is C15H24N2O2S. The van der Waals surface area contributed by atoms with Gasteiger partial charge in [0.15, 0.2) is 0 Å². The van der Waals surface area contributed by atoms with Crippen LogP contribution in [0.2, 0.25) is 0 Å². The second-order valence-electron chi connectivity index (χ2n) is 6.16. The van der Waals surface area contributed by atoms with Crippen LogP contribution in [-0.4, -0.2) is 58.8 Å². The first-order valence-corrected chi connectivity index (χ1v) is 9.07. The van der Waals surface area contributed by atoms with E-state index in [1.807, 2.05) is 21.6 Å². The Hall–Kier alpha value is -0.710. The van der Waals surface area contributed by atoms with E-state index in [1.165, 1.54) is 12.8 Å². The van der Waals surface area contributed by atoms with Crippen molar-refractivity contribution in [2.75, 3.05) is 31.1 Å². The Bertz CT molecular complexity index is 376. The fourth-order valence-electron chi connectivity index (χ4n) is 3.68. The third kappa shape index (κ3) is 2.97. The van der Waals surface area contributed by atoms with Crippen LogP contribution in [0.3, 0.4) is 0 Å². The number of piperidine rings is 1. The number of hydrogen-bond donors (Lipinski definition) is 0. The Kier molecular flexibility index (Phi) is 4.54. The van der Waals surface area contributed by atoms with Gasteiger partial charge in [0.1, 0.15) is 0 Å². The molecule has 0 N–H and O–H groups in total. The van der Waals surface area contributed by atoms with Gasteiger partial charge in [0, 0.05) is 43.6 Å². The Balaban J connectivity index is 1.62. The van der Waals surface area contributed by atoms with E-state index in [0.29, 0.717) is 24.9 Å². The molecule has 2 heterocycles. The van der Waals surface area contributed by atoms with Gasteiger partial charge in [-0.3, -0.25) is 9.59 Å². The highest BCUT2D eigenvalue weighted by Gasteiger charge is 2.36. The van der Waals surface area contributed by atoms with Crippen LogP contribution in [0.15, 0.2) is 0 Å². The summed E-state index contributed by atoms with van der Waals surface area (Å²) in [6, 6.07) is 0.412. The Morgan fingerprint density at radius 2 is 1.80 bits per heavy atom. The first kappa shape index (κ1) is 14.2. The molecule has 0 aromatic rings. The van der Waals surface area contributed by atoms with E-state index < -0.39 is 0 Å². The zero-order chi connectivity index (χ0) is 13.9. The number of amides is 2. The second-order valence-corrected chi connectivity index (χ2v) is 7.38. The van der Waals surface area contributed by atoms with Gasteiger partial charge in [-0.25, -0.2) is 0 Å². The normalized spacial score (nSPS) is 29.0. The number of hydrogen-bond acceptors (Lipinski definition) is 3. The molecular weight excluding hydrogens is 272 g/mol. The summed E-state index contributed by atoms with van der Waals surface area (Å²) in [5, 5.41) is 0. The van der Waals surface area contributed by atoms with E-state index in [1.54, 1.807) is 0 Å². The summed E-state index contributed by atoms with van der Waals surface area (Å²) in [6.07, 6.45) is 6.05. The van der Waals surface area contributed by atoms with Crippen LogP contribution in [-0.2, 0) is 9.59 Å². The van der Waals surface area contributed by atoms with Gasteiger partial charge in [-0.05, 0) is 19.3 Å². The lowest BCUT2D eigenvalue weighted by Gasteiger charge is -2.38. The van der Waals surface area contributed by atoms with Crippen molar-refractivity contribution in [3.05, 3.63) is 0 Å². The largest absolute Gasteiger partial charge is 0.341 e. The minimum atomic E-state index is 0.0522. The number of thioether (sulfide) groups is 1. The van der Waals surface area contributed by atoms with Crippen LogP contribution >= 0.6 is 11.8 Å². The number of rotatable bonds is 2. The molecule has 0 unspecified atom stereocenters. The van der Waals surface area contributed by atoms with Gasteiger partial charge >= 0.3 is 0 Å². The minimum Gasteiger partial charge on any atom is -0.341 e. The quantitative estimate of drug-likeness (QED) is 0.779. The van der Waals surface area contributed by atoms with Crippen molar-refractivity contribution in [2.24, 2.45) is 5.92 Å². The number of carbonyl (C=O) groups excluding carboxylic acids is 2. The zero-order valence-corrected chi connectivity index (χ0v) is 12.9. The molecule has 0 spiro atoms. The summed E-state index contributed by atoms with van der Waals surface area (Å²) in [4.78, 5) is 28.8. The van der Waals surface area contributed by atoms with Crippen LogP contribution in [0.4, 0.5) is 0 Å². The molecule has 0 aromatic carbocycles. The van der Waals surface area contributed by atoms with Crippen molar-refractivity contribution in [3.8, 4) is 0 Å². The van der Waals surface area contributed by atoms with Gasteiger partial charge in [-0.15, -0.1) is 0 Å². The molecule has 0 radical (unpaired) electrons. The van der Waals surface area contributed by atoms with E-state index in [-0.39, 0.29) is 11.8 Å². The average molecular weight is 296 g/mol. The molecule has 3 rings (SSSR count). The molecule has 1 saturated carbocycles. The van der Waals surface area contributed by atoms with Crippen molar-refractivity contribution in [1.29, 1.82) is 0 Å². The standard InChI is InChI=1S/C15H24N2O2S/c18-14-6-5-12(11-17(14)13-3-1-2-4-13)15(19)16-7-9-20-10-8-16/h12-13H,1-11H2/t12-/m1/s1. The summed E-state index contributed by atoms with van der Waals surface area (Å²) >= 11 is 1.93. The summed E-state index contributed by atoms with van der Waals surface area (Å²) in [5.74, 6) is 2.74. The molecule has 3 aliphatic rings. The summed E-state index contributed by atoms with van der Waals surface area (Å²) in [6.45, 7) is 2.45. The van der Waals surface area contributed by atoms with Crippen LogP contribution < -0.4 is 0 Å². The van der Waals surface area contributed by atoms with E-state index in [2.05, 4.69) is 0 Å². The van der Waals surface area contributed by atoms with Gasteiger partial charge in [0.25, 0.3) is 0 Å². The third-order valence-electron chi connectivity index (χ3n) is 4.88. The van der Waals surface area contributed by atoms with Gasteiger partial charge in [0.2, 0.25) is 11.8 Å². The lowest BCUT2D eigenvalue weighted by Crippen LogP contribution is -2.51. The molecule has 112 valence electrons. The van der Waals surface area contributed by atoms with Crippen molar-refractivity contribution < 1.29 is 9.59 Å². The van der Waals surface area contributed by atoms with E-state index >= 15 is 0 Å². The maximum atomic E-state index is 12.6. The number of nitrogens with zero attached hydrogens (tertiary/aromatic N) is 2. The number of carbonyl (C=O) groups is 2. The molecule has 3 fully saturated rings. The molecule has 5 heteroatoms. The SMILES string of the molecule is O=C([C@@H]1CCC(=O)N(C2CCCC2)C1)N1CCSCC1. The summed E-state index contributed by atoms with van der Waals surface area (Å²) < 4.78 is 0. The molecule has 2 saturated heterocycles.